The van der Waals surface area contributed by atoms with Gasteiger partial charge < -0.3 is 13.9 Å². The summed E-state index contributed by atoms with van der Waals surface area (Å²) < 4.78 is 7.31. The van der Waals surface area contributed by atoms with E-state index in [-0.39, 0.29) is 11.9 Å². The molecular weight excluding hydrogens is 446 g/mol. The van der Waals surface area contributed by atoms with Crippen LogP contribution < -0.4 is 0 Å². The molecule has 1 aliphatic heterocycles. The van der Waals surface area contributed by atoms with E-state index in [9.17, 15) is 4.79 Å². The van der Waals surface area contributed by atoms with Gasteiger partial charge in [-0.2, -0.15) is 0 Å². The number of hydrogen-bond donors (Lipinski definition) is 0. The third kappa shape index (κ3) is 5.24. The lowest BCUT2D eigenvalue weighted by molar-refractivity contribution is -0.130. The molecule has 0 spiro atoms. The molecule has 0 radical (unpaired) electrons. The standard InChI is InChI=1S/C26H27N5O2S/c32-24(19-34-26-28-27-20-31(26)18-23-12-7-17-33-23)29-13-15-30(16-14-29)25(21-8-3-1-4-9-21)22-10-5-2-6-11-22/h1-12,17,20,25H,13-16,18-19H2. The van der Waals surface area contributed by atoms with Crippen LogP contribution in [0.25, 0.3) is 0 Å². The molecule has 3 heterocycles. The molecule has 174 valence electrons. The normalized spacial score (nSPS) is 14.6. The Morgan fingerprint density at radius 3 is 2.21 bits per heavy atom. The van der Waals surface area contributed by atoms with Gasteiger partial charge in [-0.25, -0.2) is 0 Å². The molecule has 0 saturated carbocycles. The van der Waals surface area contributed by atoms with E-state index in [1.807, 2.05) is 21.6 Å². The molecule has 2 aromatic carbocycles. The predicted molar refractivity (Wildman–Crippen MR) is 131 cm³/mol. The van der Waals surface area contributed by atoms with Gasteiger partial charge >= 0.3 is 0 Å². The quantitative estimate of drug-likeness (QED) is 0.361. The number of amides is 1. The maximum atomic E-state index is 12.9. The number of furan rings is 1. The van der Waals surface area contributed by atoms with E-state index in [4.69, 9.17) is 4.42 Å². The van der Waals surface area contributed by atoms with E-state index >= 15 is 0 Å². The fourth-order valence-corrected chi connectivity index (χ4v) is 5.18. The number of carbonyl (C=O) groups is 1. The molecule has 0 atom stereocenters. The maximum Gasteiger partial charge on any atom is 0.233 e. The molecule has 8 heteroatoms. The fraction of sp³-hybridized carbons (Fsp3) is 0.269. The van der Waals surface area contributed by atoms with Crippen molar-refractivity contribution in [3.8, 4) is 0 Å². The van der Waals surface area contributed by atoms with Crippen molar-refractivity contribution in [3.63, 3.8) is 0 Å². The van der Waals surface area contributed by atoms with Crippen LogP contribution in [-0.2, 0) is 11.3 Å². The predicted octanol–water partition coefficient (Wildman–Crippen LogP) is 3.95. The number of aromatic nitrogens is 3. The van der Waals surface area contributed by atoms with Crippen molar-refractivity contribution in [2.45, 2.75) is 17.7 Å². The smallest absolute Gasteiger partial charge is 0.233 e. The second kappa shape index (κ2) is 10.7. The van der Waals surface area contributed by atoms with E-state index in [2.05, 4.69) is 75.8 Å². The Bertz CT molecular complexity index is 1130. The van der Waals surface area contributed by atoms with Gasteiger partial charge in [-0.15, -0.1) is 10.2 Å². The number of hydrogen-bond acceptors (Lipinski definition) is 6. The molecule has 0 unspecified atom stereocenters. The van der Waals surface area contributed by atoms with Gasteiger partial charge in [-0.1, -0.05) is 72.4 Å². The Hall–Kier alpha value is -3.36. The van der Waals surface area contributed by atoms with E-state index in [0.717, 1.165) is 24.0 Å². The number of nitrogens with zero attached hydrogens (tertiary/aromatic N) is 5. The molecule has 0 N–H and O–H groups in total. The van der Waals surface area contributed by atoms with Gasteiger partial charge in [-0.05, 0) is 23.3 Å². The summed E-state index contributed by atoms with van der Waals surface area (Å²) in [4.78, 5) is 17.4. The van der Waals surface area contributed by atoms with Gasteiger partial charge in [-0.3, -0.25) is 9.69 Å². The molecule has 1 saturated heterocycles. The van der Waals surface area contributed by atoms with Crippen molar-refractivity contribution >= 4 is 17.7 Å². The van der Waals surface area contributed by atoms with Crippen LogP contribution in [0.5, 0.6) is 0 Å². The minimum absolute atomic E-state index is 0.133. The molecular formula is C26H27N5O2S. The number of rotatable bonds is 8. The molecule has 34 heavy (non-hydrogen) atoms. The van der Waals surface area contributed by atoms with Gasteiger partial charge in [0.15, 0.2) is 5.16 Å². The summed E-state index contributed by atoms with van der Waals surface area (Å²) in [5.74, 6) is 1.31. The third-order valence-corrected chi connectivity index (χ3v) is 7.04. The zero-order valence-corrected chi connectivity index (χ0v) is 19.7. The molecule has 1 amide bonds. The SMILES string of the molecule is O=C(CSc1nncn1Cc1ccco1)N1CCN(C(c2ccccc2)c2ccccc2)CC1. The molecule has 1 fully saturated rings. The molecule has 2 aromatic heterocycles. The van der Waals surface area contributed by atoms with E-state index in [0.29, 0.717) is 25.4 Å². The molecule has 5 rings (SSSR count). The Balaban J connectivity index is 1.19. The molecule has 7 nitrogen and oxygen atoms in total. The second-order valence-electron chi connectivity index (χ2n) is 8.25. The lowest BCUT2D eigenvalue weighted by Gasteiger charge is -2.39. The highest BCUT2D eigenvalue weighted by atomic mass is 32.2. The monoisotopic (exact) mass is 473 g/mol. The number of piperazine rings is 1. The van der Waals surface area contributed by atoms with Crippen molar-refractivity contribution in [1.29, 1.82) is 0 Å². The highest BCUT2D eigenvalue weighted by Gasteiger charge is 2.28. The summed E-state index contributed by atoms with van der Waals surface area (Å²) in [6, 6.07) is 25.2. The van der Waals surface area contributed by atoms with E-state index < -0.39 is 0 Å². The van der Waals surface area contributed by atoms with Gasteiger partial charge in [0.25, 0.3) is 0 Å². The summed E-state index contributed by atoms with van der Waals surface area (Å²) in [5.41, 5.74) is 2.56. The average molecular weight is 474 g/mol. The first-order valence-corrected chi connectivity index (χ1v) is 12.4. The number of benzene rings is 2. The summed E-state index contributed by atoms with van der Waals surface area (Å²) >= 11 is 1.42. The van der Waals surface area contributed by atoms with Crippen LogP contribution in [0, 0.1) is 0 Å². The Morgan fingerprint density at radius 1 is 0.912 bits per heavy atom. The van der Waals surface area contributed by atoms with Gasteiger partial charge in [0.05, 0.1) is 24.6 Å². The fourth-order valence-electron chi connectivity index (χ4n) is 4.37. The minimum Gasteiger partial charge on any atom is -0.467 e. The molecule has 1 aliphatic rings. The lowest BCUT2D eigenvalue weighted by atomic mass is 9.96. The Morgan fingerprint density at radius 2 is 1.59 bits per heavy atom. The third-order valence-electron chi connectivity index (χ3n) is 6.07. The molecule has 0 aliphatic carbocycles. The number of thioether (sulfide) groups is 1. The zero-order valence-electron chi connectivity index (χ0n) is 18.9. The van der Waals surface area contributed by atoms with Crippen LogP contribution in [-0.4, -0.2) is 62.4 Å². The van der Waals surface area contributed by atoms with Crippen LogP contribution in [0.15, 0.2) is 95.0 Å². The first-order valence-electron chi connectivity index (χ1n) is 11.4. The van der Waals surface area contributed by atoms with Crippen molar-refractivity contribution in [2.24, 2.45) is 0 Å². The molecule has 0 bridgehead atoms. The molecule has 4 aromatic rings. The highest BCUT2D eigenvalue weighted by Crippen LogP contribution is 2.29. The topological polar surface area (TPSA) is 67.4 Å². The first kappa shape index (κ1) is 22.4. The van der Waals surface area contributed by atoms with E-state index in [1.165, 1.54) is 22.9 Å². The van der Waals surface area contributed by atoms with Crippen molar-refractivity contribution in [1.82, 2.24) is 24.6 Å². The van der Waals surface area contributed by atoms with Crippen LogP contribution in [0.1, 0.15) is 22.9 Å². The van der Waals surface area contributed by atoms with Crippen LogP contribution in [0.3, 0.4) is 0 Å². The van der Waals surface area contributed by atoms with Crippen molar-refractivity contribution < 1.29 is 9.21 Å². The van der Waals surface area contributed by atoms with Gasteiger partial charge in [0, 0.05) is 26.2 Å². The lowest BCUT2D eigenvalue weighted by Crippen LogP contribution is -2.50. The Labute approximate surface area is 203 Å². The second-order valence-corrected chi connectivity index (χ2v) is 9.19. The average Bonchev–Trinajstić information content (AvgIpc) is 3.57. The number of carbonyl (C=O) groups excluding carboxylic acids is 1. The van der Waals surface area contributed by atoms with Crippen LogP contribution >= 0.6 is 11.8 Å². The summed E-state index contributed by atoms with van der Waals surface area (Å²) in [5, 5.41) is 8.89. The highest BCUT2D eigenvalue weighted by molar-refractivity contribution is 7.99. The van der Waals surface area contributed by atoms with Crippen molar-refractivity contribution in [2.75, 3.05) is 31.9 Å². The first-order chi connectivity index (χ1) is 16.8. The summed E-state index contributed by atoms with van der Waals surface area (Å²) in [7, 11) is 0. The minimum atomic E-state index is 0.133. The maximum absolute atomic E-state index is 12.9. The zero-order chi connectivity index (χ0) is 23.2. The van der Waals surface area contributed by atoms with E-state index in [1.54, 1.807) is 12.6 Å². The Kier molecular flexibility index (Phi) is 7.07. The van der Waals surface area contributed by atoms with Gasteiger partial charge in [0.1, 0.15) is 12.1 Å². The summed E-state index contributed by atoms with van der Waals surface area (Å²) in [6.07, 6.45) is 3.32. The summed E-state index contributed by atoms with van der Waals surface area (Å²) in [6.45, 7) is 3.65. The van der Waals surface area contributed by atoms with Crippen LogP contribution in [0.4, 0.5) is 0 Å². The van der Waals surface area contributed by atoms with Crippen LogP contribution in [0.2, 0.25) is 0 Å². The largest absolute Gasteiger partial charge is 0.467 e. The van der Waals surface area contributed by atoms with Crippen molar-refractivity contribution in [3.05, 3.63) is 102 Å². The van der Waals surface area contributed by atoms with Gasteiger partial charge in [0.2, 0.25) is 5.91 Å².